The molecule has 1 aliphatic rings. The molecule has 1 heterocycles. The number of hydrogen-bond donors (Lipinski definition) is 1. The minimum Gasteiger partial charge on any atom is -0.486 e. The number of rotatable bonds is 7. The Morgan fingerprint density at radius 2 is 1.95 bits per heavy atom. The fourth-order valence-corrected chi connectivity index (χ4v) is 2.50. The first-order valence-corrected chi connectivity index (χ1v) is 7.74. The molecule has 0 saturated carbocycles. The van der Waals surface area contributed by atoms with Crippen molar-refractivity contribution in [1.29, 1.82) is 0 Å². The second kappa shape index (κ2) is 7.14. The Kier molecular flexibility index (Phi) is 5.48. The van der Waals surface area contributed by atoms with E-state index < -0.39 is 0 Å². The molecule has 0 radical (unpaired) electrons. The molecule has 0 aromatic heterocycles. The highest BCUT2D eigenvalue weighted by Crippen LogP contribution is 2.34. The van der Waals surface area contributed by atoms with E-state index >= 15 is 0 Å². The van der Waals surface area contributed by atoms with E-state index in [1.807, 2.05) is 6.07 Å². The van der Waals surface area contributed by atoms with Crippen LogP contribution in [0.1, 0.15) is 45.2 Å². The molecule has 4 nitrogen and oxygen atoms in total. The molecule has 118 valence electrons. The molecule has 0 aliphatic carbocycles. The lowest BCUT2D eigenvalue weighted by Crippen LogP contribution is -2.27. The first kappa shape index (κ1) is 16.1. The summed E-state index contributed by atoms with van der Waals surface area (Å²) >= 11 is 0. The maximum atomic E-state index is 5.68. The third-order valence-corrected chi connectivity index (χ3v) is 4.01. The van der Waals surface area contributed by atoms with Crippen LogP contribution in [0, 0.1) is 0 Å². The summed E-state index contributed by atoms with van der Waals surface area (Å²) in [6.07, 6.45) is 2.02. The molecule has 1 atom stereocenters. The van der Waals surface area contributed by atoms with Gasteiger partial charge in [-0.05, 0) is 50.9 Å². The monoisotopic (exact) mass is 293 g/mol. The predicted octanol–water partition coefficient (Wildman–Crippen LogP) is 3.31. The lowest BCUT2D eigenvalue weighted by atomic mass is 9.94. The van der Waals surface area contributed by atoms with Crippen LogP contribution in [0.25, 0.3) is 0 Å². The van der Waals surface area contributed by atoms with Gasteiger partial charge in [-0.3, -0.25) is 0 Å². The smallest absolute Gasteiger partial charge is 0.161 e. The van der Waals surface area contributed by atoms with Crippen LogP contribution in [0.5, 0.6) is 11.5 Å². The zero-order valence-electron chi connectivity index (χ0n) is 13.6. The summed E-state index contributed by atoms with van der Waals surface area (Å²) in [6.45, 7) is 8.57. The largest absolute Gasteiger partial charge is 0.486 e. The number of benzene rings is 1. The van der Waals surface area contributed by atoms with E-state index in [0.717, 1.165) is 30.9 Å². The predicted molar refractivity (Wildman–Crippen MR) is 84.2 cm³/mol. The highest BCUT2D eigenvalue weighted by molar-refractivity contribution is 5.44. The highest BCUT2D eigenvalue weighted by Gasteiger charge is 2.21. The quantitative estimate of drug-likeness (QED) is 0.837. The maximum Gasteiger partial charge on any atom is 0.161 e. The van der Waals surface area contributed by atoms with Crippen molar-refractivity contribution < 1.29 is 14.2 Å². The Balaban J connectivity index is 2.10. The van der Waals surface area contributed by atoms with Gasteiger partial charge in [-0.2, -0.15) is 0 Å². The van der Waals surface area contributed by atoms with Gasteiger partial charge in [-0.25, -0.2) is 0 Å². The number of hydrogen-bond acceptors (Lipinski definition) is 4. The van der Waals surface area contributed by atoms with Gasteiger partial charge in [-0.15, -0.1) is 0 Å². The molecule has 2 rings (SSSR count). The fourth-order valence-electron chi connectivity index (χ4n) is 2.50. The lowest BCUT2D eigenvalue weighted by Gasteiger charge is -2.27. The third kappa shape index (κ3) is 4.35. The van der Waals surface area contributed by atoms with Gasteiger partial charge < -0.3 is 19.5 Å². The van der Waals surface area contributed by atoms with E-state index in [9.17, 15) is 0 Å². The van der Waals surface area contributed by atoms with Gasteiger partial charge in [0.2, 0.25) is 0 Å². The van der Waals surface area contributed by atoms with Crippen molar-refractivity contribution in [3.8, 4) is 11.5 Å². The summed E-state index contributed by atoms with van der Waals surface area (Å²) in [5.74, 6) is 1.70. The number of fused-ring (bicyclic) bond motifs is 1. The van der Waals surface area contributed by atoms with Crippen molar-refractivity contribution >= 4 is 0 Å². The Morgan fingerprint density at radius 1 is 1.24 bits per heavy atom. The molecule has 0 saturated heterocycles. The van der Waals surface area contributed by atoms with Crippen molar-refractivity contribution in [3.63, 3.8) is 0 Å². The second-order valence-electron chi connectivity index (χ2n) is 6.02. The Bertz CT molecular complexity index is 459. The molecule has 1 N–H and O–H groups in total. The Morgan fingerprint density at radius 3 is 2.62 bits per heavy atom. The molecule has 0 spiro atoms. The van der Waals surface area contributed by atoms with Crippen LogP contribution < -0.4 is 14.8 Å². The average Bonchev–Trinajstić information content (AvgIpc) is 2.51. The van der Waals surface area contributed by atoms with Gasteiger partial charge in [-0.1, -0.05) is 13.0 Å². The summed E-state index contributed by atoms with van der Waals surface area (Å²) in [5, 5.41) is 3.55. The molecule has 0 bridgehead atoms. The van der Waals surface area contributed by atoms with Crippen LogP contribution in [0.2, 0.25) is 0 Å². The van der Waals surface area contributed by atoms with Crippen LogP contribution in [0.4, 0.5) is 0 Å². The standard InChI is InChI=1S/C17H27NO3/c1-5-18-14(8-9-17(2,3)19-4)13-6-7-15-16(12-13)21-11-10-20-15/h6-7,12,14,18H,5,8-11H2,1-4H3. The fraction of sp³-hybridized carbons (Fsp3) is 0.647. The van der Waals surface area contributed by atoms with Crippen LogP contribution in [-0.2, 0) is 4.74 Å². The minimum absolute atomic E-state index is 0.0957. The third-order valence-electron chi connectivity index (χ3n) is 4.01. The normalized spacial score (nSPS) is 15.8. The van der Waals surface area contributed by atoms with Gasteiger partial charge >= 0.3 is 0 Å². The molecule has 21 heavy (non-hydrogen) atoms. The SMILES string of the molecule is CCNC(CCC(C)(C)OC)c1ccc2c(c1)OCCO2. The van der Waals surface area contributed by atoms with E-state index in [4.69, 9.17) is 14.2 Å². The minimum atomic E-state index is -0.0957. The molecule has 0 fully saturated rings. The molecular weight excluding hydrogens is 266 g/mol. The summed E-state index contributed by atoms with van der Waals surface area (Å²) in [6, 6.07) is 6.54. The van der Waals surface area contributed by atoms with Crippen LogP contribution in [0.15, 0.2) is 18.2 Å². The van der Waals surface area contributed by atoms with Gasteiger partial charge in [0.25, 0.3) is 0 Å². The molecule has 4 heteroatoms. The van der Waals surface area contributed by atoms with Crippen molar-refractivity contribution in [2.45, 2.75) is 45.3 Å². The maximum absolute atomic E-state index is 5.68. The second-order valence-corrected chi connectivity index (χ2v) is 6.02. The Labute approximate surface area is 127 Å². The van der Waals surface area contributed by atoms with E-state index in [1.165, 1.54) is 5.56 Å². The number of methoxy groups -OCH3 is 1. The molecule has 1 aromatic carbocycles. The molecule has 1 unspecified atom stereocenters. The summed E-state index contributed by atoms with van der Waals surface area (Å²) in [4.78, 5) is 0. The van der Waals surface area contributed by atoms with Gasteiger partial charge in [0.1, 0.15) is 13.2 Å². The molecule has 1 aromatic rings. The van der Waals surface area contributed by atoms with Crippen LogP contribution in [-0.4, -0.2) is 32.5 Å². The van der Waals surface area contributed by atoms with Crippen molar-refractivity contribution in [2.75, 3.05) is 26.9 Å². The zero-order valence-corrected chi connectivity index (χ0v) is 13.6. The van der Waals surface area contributed by atoms with Crippen LogP contribution >= 0.6 is 0 Å². The highest BCUT2D eigenvalue weighted by atomic mass is 16.6. The number of ether oxygens (including phenoxy) is 3. The summed E-state index contributed by atoms with van der Waals surface area (Å²) in [7, 11) is 1.77. The topological polar surface area (TPSA) is 39.7 Å². The molecular formula is C17H27NO3. The first-order chi connectivity index (χ1) is 10.1. The Hall–Kier alpha value is -1.26. The van der Waals surface area contributed by atoms with Crippen molar-refractivity contribution in [1.82, 2.24) is 5.32 Å². The van der Waals surface area contributed by atoms with Crippen molar-refractivity contribution in [3.05, 3.63) is 23.8 Å². The van der Waals surface area contributed by atoms with E-state index in [2.05, 4.69) is 38.2 Å². The van der Waals surface area contributed by atoms with Crippen molar-refractivity contribution in [2.24, 2.45) is 0 Å². The van der Waals surface area contributed by atoms with E-state index in [1.54, 1.807) is 7.11 Å². The van der Waals surface area contributed by atoms with E-state index in [-0.39, 0.29) is 5.60 Å². The van der Waals surface area contributed by atoms with Gasteiger partial charge in [0, 0.05) is 13.2 Å². The van der Waals surface area contributed by atoms with Crippen LogP contribution in [0.3, 0.4) is 0 Å². The van der Waals surface area contributed by atoms with Gasteiger partial charge in [0.15, 0.2) is 11.5 Å². The van der Waals surface area contributed by atoms with E-state index in [0.29, 0.717) is 19.3 Å². The number of nitrogens with one attached hydrogen (secondary N) is 1. The summed E-state index contributed by atoms with van der Waals surface area (Å²) < 4.78 is 16.8. The average molecular weight is 293 g/mol. The first-order valence-electron chi connectivity index (χ1n) is 7.74. The molecule has 1 aliphatic heterocycles. The summed E-state index contributed by atoms with van der Waals surface area (Å²) in [5.41, 5.74) is 1.15. The van der Waals surface area contributed by atoms with Gasteiger partial charge in [0.05, 0.1) is 5.60 Å². The molecule has 0 amide bonds. The zero-order chi connectivity index (χ0) is 15.3. The lowest BCUT2D eigenvalue weighted by molar-refractivity contribution is 0.0117.